The van der Waals surface area contributed by atoms with Crippen molar-refractivity contribution in [3.05, 3.63) is 60.0 Å². The van der Waals surface area contributed by atoms with E-state index < -0.39 is 11.8 Å². The van der Waals surface area contributed by atoms with E-state index in [0.717, 1.165) is 5.56 Å². The van der Waals surface area contributed by atoms with Crippen molar-refractivity contribution in [1.82, 2.24) is 0 Å². The smallest absolute Gasteiger partial charge is 0.201 e. The van der Waals surface area contributed by atoms with Gasteiger partial charge in [-0.3, -0.25) is 0 Å². The fourth-order valence-corrected chi connectivity index (χ4v) is 1.95. The van der Waals surface area contributed by atoms with Crippen LogP contribution in [0.15, 0.2) is 64.7 Å². The van der Waals surface area contributed by atoms with Gasteiger partial charge in [-0.25, -0.2) is 4.39 Å². The third kappa shape index (κ3) is 1.62. The molecule has 0 spiro atoms. The van der Waals surface area contributed by atoms with Crippen molar-refractivity contribution in [2.24, 2.45) is 10.2 Å². The van der Waals surface area contributed by atoms with E-state index in [1.807, 2.05) is 12.1 Å². The summed E-state index contributed by atoms with van der Waals surface area (Å²) in [6, 6.07) is 13.8. The van der Waals surface area contributed by atoms with Gasteiger partial charge in [-0.05, 0) is 11.6 Å². The summed E-state index contributed by atoms with van der Waals surface area (Å²) >= 11 is 0. The molecule has 0 unspecified atom stereocenters. The molecule has 0 saturated heterocycles. The zero-order valence-corrected chi connectivity index (χ0v) is 9.27. The summed E-state index contributed by atoms with van der Waals surface area (Å²) in [5, 5.41) is 7.00. The van der Waals surface area contributed by atoms with E-state index in [9.17, 15) is 8.78 Å². The van der Waals surface area contributed by atoms with Crippen molar-refractivity contribution in [1.29, 1.82) is 0 Å². The van der Waals surface area contributed by atoms with Crippen LogP contribution >= 0.6 is 0 Å². The van der Waals surface area contributed by atoms with Crippen LogP contribution in [0.4, 0.5) is 14.5 Å². The average Bonchev–Trinajstić information content (AvgIpc) is 2.43. The quantitative estimate of drug-likeness (QED) is 0.580. The summed E-state index contributed by atoms with van der Waals surface area (Å²) in [6.45, 7) is 0. The molecule has 4 heteroatoms. The van der Waals surface area contributed by atoms with Gasteiger partial charge < -0.3 is 0 Å². The molecule has 2 aromatic carbocycles. The molecule has 18 heavy (non-hydrogen) atoms. The summed E-state index contributed by atoms with van der Waals surface area (Å²) in [6.07, 6.45) is 0. The van der Waals surface area contributed by atoms with Gasteiger partial charge in [-0.2, -0.15) is 4.39 Å². The van der Waals surface area contributed by atoms with Crippen LogP contribution in [0.5, 0.6) is 0 Å². The van der Waals surface area contributed by atoms with E-state index in [1.165, 1.54) is 6.07 Å². The summed E-state index contributed by atoms with van der Waals surface area (Å²) in [7, 11) is 0. The van der Waals surface area contributed by atoms with Crippen LogP contribution in [0.25, 0.3) is 17.0 Å². The van der Waals surface area contributed by atoms with Crippen molar-refractivity contribution < 1.29 is 8.78 Å². The zero-order chi connectivity index (χ0) is 12.5. The van der Waals surface area contributed by atoms with Gasteiger partial charge in [0.25, 0.3) is 5.95 Å². The number of fused-ring (bicyclic) bond motifs is 3. The van der Waals surface area contributed by atoms with Crippen molar-refractivity contribution in [2.75, 3.05) is 0 Å². The first-order valence-corrected chi connectivity index (χ1v) is 5.43. The largest absolute Gasteiger partial charge is 0.269 e. The number of nitrogens with zero attached hydrogens (tertiary/aromatic N) is 2. The molecule has 0 saturated carbocycles. The second kappa shape index (κ2) is 4.14. The van der Waals surface area contributed by atoms with Gasteiger partial charge in [-0.1, -0.05) is 42.5 Å². The van der Waals surface area contributed by atoms with Crippen LogP contribution in [0.3, 0.4) is 0 Å². The van der Waals surface area contributed by atoms with Crippen LogP contribution < -0.4 is 0 Å². The minimum atomic E-state index is -1.20. The molecule has 0 N–H and O–H groups in total. The van der Waals surface area contributed by atoms with Crippen LogP contribution in [0.1, 0.15) is 5.56 Å². The lowest BCUT2D eigenvalue weighted by molar-refractivity contribution is 0.584. The molecule has 0 bridgehead atoms. The Labute approximate surface area is 102 Å². The van der Waals surface area contributed by atoms with Crippen LogP contribution in [-0.2, 0) is 0 Å². The third-order valence-corrected chi connectivity index (χ3v) is 2.78. The first-order chi connectivity index (χ1) is 8.77. The van der Waals surface area contributed by atoms with E-state index in [0.29, 0.717) is 11.3 Å². The highest BCUT2D eigenvalue weighted by Crippen LogP contribution is 2.39. The molecule has 1 aliphatic rings. The summed E-state index contributed by atoms with van der Waals surface area (Å²) in [5.74, 6) is -2.18. The van der Waals surface area contributed by atoms with Crippen molar-refractivity contribution in [3.8, 4) is 11.1 Å². The predicted octanol–water partition coefficient (Wildman–Crippen LogP) is 5.02. The lowest BCUT2D eigenvalue weighted by Gasteiger charge is -2.11. The predicted molar refractivity (Wildman–Crippen MR) is 65.5 cm³/mol. The molecule has 2 nitrogen and oxygen atoms in total. The molecule has 88 valence electrons. The molecule has 3 rings (SSSR count). The Hall–Kier alpha value is -2.36. The van der Waals surface area contributed by atoms with Crippen LogP contribution in [-0.4, -0.2) is 0 Å². The van der Waals surface area contributed by atoms with E-state index >= 15 is 0 Å². The summed E-state index contributed by atoms with van der Waals surface area (Å²) in [5.41, 5.74) is 2.06. The van der Waals surface area contributed by atoms with Gasteiger partial charge >= 0.3 is 0 Å². The zero-order valence-electron chi connectivity index (χ0n) is 9.27. The molecule has 1 heterocycles. The topological polar surface area (TPSA) is 24.7 Å². The molecule has 0 aliphatic carbocycles. The van der Waals surface area contributed by atoms with E-state index in [2.05, 4.69) is 10.2 Å². The molecule has 0 atom stereocenters. The number of azo groups is 1. The molecule has 1 aliphatic heterocycles. The Morgan fingerprint density at radius 2 is 1.28 bits per heavy atom. The van der Waals surface area contributed by atoms with Gasteiger partial charge in [0, 0.05) is 11.1 Å². The van der Waals surface area contributed by atoms with Crippen LogP contribution in [0, 0.1) is 0 Å². The molecule has 0 amide bonds. The molecule has 0 radical (unpaired) electrons. The van der Waals surface area contributed by atoms with E-state index in [-0.39, 0.29) is 5.56 Å². The minimum Gasteiger partial charge on any atom is -0.201 e. The van der Waals surface area contributed by atoms with Gasteiger partial charge in [0.1, 0.15) is 0 Å². The Morgan fingerprint density at radius 1 is 0.667 bits per heavy atom. The van der Waals surface area contributed by atoms with Crippen molar-refractivity contribution >= 4 is 11.5 Å². The molecular formula is C14H8F2N2. The second-order valence-electron chi connectivity index (χ2n) is 3.87. The maximum atomic E-state index is 13.9. The number of halogens is 2. The monoisotopic (exact) mass is 242 g/mol. The third-order valence-electron chi connectivity index (χ3n) is 2.78. The van der Waals surface area contributed by atoms with E-state index in [1.54, 1.807) is 30.3 Å². The SMILES string of the molecule is FC1=C(F)c2ccccc2-c2ccccc2/N=N\1. The Bertz CT molecular complexity index is 675. The minimum absolute atomic E-state index is 0.195. The van der Waals surface area contributed by atoms with Crippen molar-refractivity contribution in [2.45, 2.75) is 0 Å². The Morgan fingerprint density at radius 3 is 2.06 bits per heavy atom. The maximum Gasteiger partial charge on any atom is 0.269 e. The Balaban J connectivity index is 2.39. The lowest BCUT2D eigenvalue weighted by atomic mass is 9.97. The summed E-state index contributed by atoms with van der Waals surface area (Å²) in [4.78, 5) is 0. The molecule has 2 aromatic rings. The first-order valence-electron chi connectivity index (χ1n) is 5.43. The molecule has 0 fully saturated rings. The van der Waals surface area contributed by atoms with Crippen molar-refractivity contribution in [3.63, 3.8) is 0 Å². The maximum absolute atomic E-state index is 13.9. The average molecular weight is 242 g/mol. The number of rotatable bonds is 0. The molecule has 0 aromatic heterocycles. The molecular weight excluding hydrogens is 234 g/mol. The second-order valence-corrected chi connectivity index (χ2v) is 3.87. The standard InChI is InChI=1S/C14H8F2N2/c15-13-11-7-2-1-5-9(11)10-6-3-4-8-12(10)17-18-14(13)16/h1-8H/b10-9?,13-11?,14-13?,17-12?,18-14?,18-17-. The van der Waals surface area contributed by atoms with Gasteiger partial charge in [0.2, 0.25) is 0 Å². The highest BCUT2D eigenvalue weighted by molar-refractivity contribution is 5.85. The van der Waals surface area contributed by atoms with Crippen LogP contribution in [0.2, 0.25) is 0 Å². The highest BCUT2D eigenvalue weighted by Gasteiger charge is 2.18. The van der Waals surface area contributed by atoms with Gasteiger partial charge in [0.15, 0.2) is 5.83 Å². The van der Waals surface area contributed by atoms with E-state index in [4.69, 9.17) is 0 Å². The van der Waals surface area contributed by atoms with Gasteiger partial charge in [-0.15, -0.1) is 10.2 Å². The number of benzene rings is 2. The highest BCUT2D eigenvalue weighted by atomic mass is 19.2. The van der Waals surface area contributed by atoms with Gasteiger partial charge in [0.05, 0.1) is 5.69 Å². The summed E-state index contributed by atoms with van der Waals surface area (Å²) < 4.78 is 27.3. The number of hydrogen-bond donors (Lipinski definition) is 0. The first kappa shape index (κ1) is 10.8. The normalized spacial score (nSPS) is 15.4. The number of hydrogen-bond acceptors (Lipinski definition) is 2. The Kier molecular flexibility index (Phi) is 2.48. The lowest BCUT2D eigenvalue weighted by Crippen LogP contribution is -1.90. The fraction of sp³-hybridized carbons (Fsp3) is 0. The fourth-order valence-electron chi connectivity index (χ4n) is 1.95.